The lowest BCUT2D eigenvalue weighted by Crippen LogP contribution is -2.01. The quantitative estimate of drug-likeness (QED) is 0.0561. The molecule has 0 radical (unpaired) electrons. The molecule has 6 N–H and O–H groups in total. The second-order valence-electron chi connectivity index (χ2n) is 15.6. The summed E-state index contributed by atoms with van der Waals surface area (Å²) in [6.45, 7) is 1.38. The van der Waals surface area contributed by atoms with Gasteiger partial charge in [0, 0.05) is 54.0 Å². The monoisotopic (exact) mass is 1110 g/mol. The van der Waals surface area contributed by atoms with Crippen LogP contribution in [0.4, 0.5) is 30.2 Å². The third-order valence-corrected chi connectivity index (χ3v) is 15.3. The molecule has 0 saturated carbocycles. The van der Waals surface area contributed by atoms with Gasteiger partial charge in [0.05, 0.1) is 32.1 Å². The average Bonchev–Trinajstić information content (AvgIpc) is 3.39. The molecule has 0 heterocycles. The molecule has 0 saturated heterocycles. The maximum atomic E-state index is 13.4. The zero-order chi connectivity index (χ0) is 51.7. The number of phenols is 3. The van der Waals surface area contributed by atoms with Crippen LogP contribution in [0, 0.1) is 17.5 Å². The number of halogens is 7. The number of aromatic hydroxyl groups is 3. The van der Waals surface area contributed by atoms with Gasteiger partial charge in [-0.25, -0.2) is 13.2 Å². The Morgan fingerprint density at radius 3 is 1.15 bits per heavy atom. The van der Waals surface area contributed by atoms with Gasteiger partial charge in [-0.1, -0.05) is 173 Å². The zero-order valence-corrected chi connectivity index (χ0v) is 43.8. The van der Waals surface area contributed by atoms with Crippen LogP contribution in [-0.2, 0) is 19.6 Å². The van der Waals surface area contributed by atoms with Crippen LogP contribution in [0.25, 0.3) is 0 Å². The normalized spacial score (nSPS) is 10.6. The number of nitrogens with one attached hydrogen (secondary N) is 3. The summed E-state index contributed by atoms with van der Waals surface area (Å²) in [7, 11) is 0. The molecular weight excluding hydrogens is 1070 g/mol. The minimum absolute atomic E-state index is 0.356. The molecule has 6 nitrogen and oxygen atoms in total. The fourth-order valence-electron chi connectivity index (χ4n) is 6.76. The Morgan fingerprint density at radius 1 is 0.342 bits per heavy atom. The number of rotatable bonds is 15. The molecule has 0 aromatic heterocycles. The first-order chi connectivity index (χ1) is 35.3. The van der Waals surface area contributed by atoms with Crippen molar-refractivity contribution in [2.45, 2.75) is 49.0 Å². The molecule has 0 spiro atoms. The molecule has 0 unspecified atom stereocenters. The molecule has 16 heteroatoms. The van der Waals surface area contributed by atoms with E-state index < -0.39 is 17.5 Å². The number of anilines is 3. The van der Waals surface area contributed by atoms with E-state index in [9.17, 15) is 28.5 Å². The van der Waals surface area contributed by atoms with Crippen LogP contribution in [-0.4, -0.2) is 15.3 Å². The van der Waals surface area contributed by atoms with Gasteiger partial charge in [-0.2, -0.15) is 0 Å². The highest BCUT2D eigenvalue weighted by atomic mass is 35.5. The van der Waals surface area contributed by atoms with Crippen molar-refractivity contribution in [3.8, 4) is 17.2 Å². The number of para-hydroxylation sites is 3. The first-order valence-electron chi connectivity index (χ1n) is 22.2. The predicted molar refractivity (Wildman–Crippen MR) is 297 cm³/mol. The summed E-state index contributed by atoms with van der Waals surface area (Å²) < 4.78 is 40.2. The predicted octanol–water partition coefficient (Wildman–Crippen LogP) is 18.5. The topological polar surface area (TPSA) is 96.8 Å². The Labute approximate surface area is 454 Å². The third-order valence-electron chi connectivity index (χ3n) is 10.5. The molecule has 0 aliphatic heterocycles. The fraction of sp³-hybridized carbons (Fsp3) is 0.0526. The first kappa shape index (κ1) is 54.6. The fourth-order valence-corrected chi connectivity index (χ4v) is 10.6. The van der Waals surface area contributed by atoms with Crippen LogP contribution >= 0.6 is 81.7 Å². The van der Waals surface area contributed by atoms with Crippen molar-refractivity contribution in [2.24, 2.45) is 0 Å². The van der Waals surface area contributed by atoms with Crippen molar-refractivity contribution in [3.05, 3.63) is 248 Å². The van der Waals surface area contributed by atoms with E-state index in [-0.39, 0.29) is 17.2 Å². The van der Waals surface area contributed by atoms with Gasteiger partial charge in [0.15, 0.2) is 34.7 Å². The Kier molecular flexibility index (Phi) is 20.3. The molecule has 0 aliphatic carbocycles. The summed E-state index contributed by atoms with van der Waals surface area (Å²) in [5.41, 5.74) is 4.19. The molecule has 9 rings (SSSR count). The summed E-state index contributed by atoms with van der Waals surface area (Å²) in [4.78, 5) is 6.14. The third kappa shape index (κ3) is 15.9. The SMILES string of the molecule is Oc1c(F)cccc1NCc1ccccc1Sc1ccc(Cl)c(Cl)c1.Oc1c(F)cccc1NCc1ccccc1Sc1cccc(Cl)c1.Oc1c(F)cccc1NCc1ccccc1Sc1ccccc1Cl. The van der Waals surface area contributed by atoms with E-state index in [1.807, 2.05) is 133 Å². The summed E-state index contributed by atoms with van der Waals surface area (Å²) in [5.74, 6) is -3.04. The molecule has 9 aromatic carbocycles. The van der Waals surface area contributed by atoms with Crippen LogP contribution in [0.15, 0.2) is 223 Å². The van der Waals surface area contributed by atoms with E-state index in [0.29, 0.717) is 56.8 Å². The van der Waals surface area contributed by atoms with Crippen LogP contribution in [0.3, 0.4) is 0 Å². The number of hydrogen-bond acceptors (Lipinski definition) is 9. The van der Waals surface area contributed by atoms with Crippen molar-refractivity contribution >= 4 is 98.8 Å². The largest absolute Gasteiger partial charge is 0.503 e. The first-order valence-corrected chi connectivity index (χ1v) is 26.2. The number of benzene rings is 9. The van der Waals surface area contributed by atoms with E-state index in [4.69, 9.17) is 46.4 Å². The van der Waals surface area contributed by atoms with E-state index in [0.717, 1.165) is 46.1 Å². The highest BCUT2D eigenvalue weighted by Crippen LogP contribution is 2.38. The van der Waals surface area contributed by atoms with E-state index in [1.165, 1.54) is 18.2 Å². The van der Waals surface area contributed by atoms with Gasteiger partial charge in [-0.05, 0) is 120 Å². The average molecular weight is 1110 g/mol. The molecule has 0 fully saturated rings. The van der Waals surface area contributed by atoms with Crippen molar-refractivity contribution in [1.82, 2.24) is 0 Å². The summed E-state index contributed by atoms with van der Waals surface area (Å²) in [6, 6.07) is 57.7. The van der Waals surface area contributed by atoms with E-state index >= 15 is 0 Å². The number of phenolic OH excluding ortho intramolecular Hbond substituents is 3. The maximum absolute atomic E-state index is 13.4. The minimum Gasteiger partial charge on any atom is -0.503 e. The molecule has 0 aliphatic rings. The summed E-state index contributed by atoms with van der Waals surface area (Å²) in [6.07, 6.45) is 0. The zero-order valence-electron chi connectivity index (χ0n) is 38.3. The Hall–Kier alpha value is -6.22. The molecule has 0 bridgehead atoms. The second-order valence-corrected chi connectivity index (χ2v) is 20.5. The maximum Gasteiger partial charge on any atom is 0.174 e. The lowest BCUT2D eigenvalue weighted by atomic mass is 10.2. The van der Waals surface area contributed by atoms with Crippen LogP contribution < -0.4 is 16.0 Å². The Balaban J connectivity index is 0.000000160. The van der Waals surface area contributed by atoms with Crippen molar-refractivity contribution in [1.29, 1.82) is 0 Å². The van der Waals surface area contributed by atoms with Crippen molar-refractivity contribution in [2.75, 3.05) is 16.0 Å². The van der Waals surface area contributed by atoms with Gasteiger partial charge in [0.1, 0.15) is 0 Å². The summed E-state index contributed by atoms with van der Waals surface area (Å²) >= 11 is 29.0. The van der Waals surface area contributed by atoms with Gasteiger partial charge in [-0.15, -0.1) is 0 Å². The molecular formula is C57H44Cl4F3N3O3S3. The highest BCUT2D eigenvalue weighted by molar-refractivity contribution is 8.00. The van der Waals surface area contributed by atoms with Gasteiger partial charge in [0.25, 0.3) is 0 Å². The van der Waals surface area contributed by atoms with Crippen LogP contribution in [0.1, 0.15) is 16.7 Å². The number of hydrogen-bond donors (Lipinski definition) is 6. The van der Waals surface area contributed by atoms with Crippen LogP contribution in [0.2, 0.25) is 20.1 Å². The van der Waals surface area contributed by atoms with Gasteiger partial charge in [0.2, 0.25) is 0 Å². The van der Waals surface area contributed by atoms with E-state index in [2.05, 4.69) is 16.0 Å². The van der Waals surface area contributed by atoms with Gasteiger partial charge < -0.3 is 31.3 Å². The lowest BCUT2D eigenvalue weighted by molar-refractivity contribution is 0.434. The second kappa shape index (κ2) is 27.2. The van der Waals surface area contributed by atoms with Gasteiger partial charge in [-0.3, -0.25) is 0 Å². The Bertz CT molecular complexity index is 3300. The molecule has 73 heavy (non-hydrogen) atoms. The highest BCUT2D eigenvalue weighted by Gasteiger charge is 2.13. The molecule has 372 valence electrons. The lowest BCUT2D eigenvalue weighted by Gasteiger charge is -2.13. The van der Waals surface area contributed by atoms with Crippen molar-refractivity contribution < 1.29 is 28.5 Å². The van der Waals surface area contributed by atoms with Crippen LogP contribution in [0.5, 0.6) is 17.2 Å². The van der Waals surface area contributed by atoms with E-state index in [1.54, 1.807) is 77.8 Å². The van der Waals surface area contributed by atoms with Gasteiger partial charge >= 0.3 is 0 Å². The molecule has 0 atom stereocenters. The van der Waals surface area contributed by atoms with Crippen molar-refractivity contribution in [3.63, 3.8) is 0 Å². The molecule has 0 amide bonds. The molecule has 9 aromatic rings. The summed E-state index contributed by atoms with van der Waals surface area (Å²) in [5, 5.41) is 40.9. The Morgan fingerprint density at radius 2 is 0.726 bits per heavy atom. The smallest absolute Gasteiger partial charge is 0.174 e. The standard InChI is InChI=1S/C19H14Cl2FNOS.2C19H15ClFNOS/c20-14-9-8-13(10-15(14)21)25-18-7-2-1-4-12(18)11-23-17-6-3-5-16(22)19(17)24;20-14-7-2-4-11-18(14)24-17-10-3-1-6-13(17)12-22-16-9-5-8-15(21)19(16)23;20-14-6-3-7-15(11-14)24-18-10-2-1-5-13(18)12-22-17-9-4-8-16(21)19(17)23/h1-10,23-24H,11H2;2*1-11,22-23H,12H2. The minimum atomic E-state index is -0.650.